The van der Waals surface area contributed by atoms with E-state index in [1.807, 2.05) is 11.1 Å². The second-order valence-electron chi connectivity index (χ2n) is 10.2. The standard InChI is InChI=1S/C22H30O2/c1-11(23)24-22-18-8-14-7-17(10-18)21(19(22)9-14)20-15-3-12-2-13(5-15)6-16(20)4-12/h12-19,22H,2-10H2,1H3/t12?,13?,14-,15?,16?,17+,18-,19+,22+/m1/s1. The lowest BCUT2D eigenvalue weighted by molar-refractivity contribution is -0.162. The minimum atomic E-state index is -0.0538. The molecule has 8 fully saturated rings. The van der Waals surface area contributed by atoms with Crippen LogP contribution in [0.15, 0.2) is 11.1 Å². The number of hydrogen-bond acceptors (Lipinski definition) is 2. The maximum absolute atomic E-state index is 11.7. The SMILES string of the molecule is CC(=O)O[C@H]1[C@@H]2C[C@H]3C[C@@H](C2)C(=C2C4CC5CC(C4)CC2C5)[C@@H]1C3. The van der Waals surface area contributed by atoms with Crippen LogP contribution in [0.3, 0.4) is 0 Å². The van der Waals surface area contributed by atoms with Gasteiger partial charge in [-0.25, -0.2) is 0 Å². The summed E-state index contributed by atoms with van der Waals surface area (Å²) >= 11 is 0. The van der Waals surface area contributed by atoms with Gasteiger partial charge in [0.25, 0.3) is 0 Å². The van der Waals surface area contributed by atoms with Crippen molar-refractivity contribution in [3.8, 4) is 0 Å². The topological polar surface area (TPSA) is 26.3 Å². The highest BCUT2D eigenvalue weighted by molar-refractivity contribution is 5.66. The molecule has 24 heavy (non-hydrogen) atoms. The molecule has 0 unspecified atom stereocenters. The van der Waals surface area contributed by atoms with Gasteiger partial charge < -0.3 is 4.74 Å². The van der Waals surface area contributed by atoms with E-state index in [-0.39, 0.29) is 12.1 Å². The molecular formula is C22H30O2. The van der Waals surface area contributed by atoms with Gasteiger partial charge in [-0.3, -0.25) is 4.79 Å². The number of allylic oxidation sites excluding steroid dienone is 1. The zero-order valence-corrected chi connectivity index (χ0v) is 14.9. The van der Waals surface area contributed by atoms with E-state index in [1.165, 1.54) is 57.8 Å². The van der Waals surface area contributed by atoms with Crippen LogP contribution in [-0.2, 0) is 9.53 Å². The summed E-state index contributed by atoms with van der Waals surface area (Å²) in [6.07, 6.45) is 13.1. The quantitative estimate of drug-likeness (QED) is 0.514. The van der Waals surface area contributed by atoms with E-state index in [9.17, 15) is 4.79 Å². The Morgan fingerprint density at radius 2 is 1.33 bits per heavy atom. The predicted molar refractivity (Wildman–Crippen MR) is 92.1 cm³/mol. The Labute approximate surface area is 145 Å². The van der Waals surface area contributed by atoms with Gasteiger partial charge in [0.2, 0.25) is 0 Å². The van der Waals surface area contributed by atoms with Crippen molar-refractivity contribution < 1.29 is 9.53 Å². The smallest absolute Gasteiger partial charge is 0.302 e. The number of carbonyl (C=O) groups is 1. The molecule has 0 N–H and O–H groups in total. The average molecular weight is 326 g/mol. The molecule has 5 atom stereocenters. The summed E-state index contributed by atoms with van der Waals surface area (Å²) in [6.45, 7) is 1.61. The van der Waals surface area contributed by atoms with E-state index >= 15 is 0 Å². The number of hydrogen-bond donors (Lipinski definition) is 0. The van der Waals surface area contributed by atoms with Crippen molar-refractivity contribution in [1.82, 2.24) is 0 Å². The van der Waals surface area contributed by atoms with Crippen LogP contribution in [0.1, 0.15) is 64.7 Å². The first-order valence-electron chi connectivity index (χ1n) is 10.6. The molecule has 8 aliphatic rings. The van der Waals surface area contributed by atoms with Crippen LogP contribution in [0, 0.1) is 47.3 Å². The van der Waals surface area contributed by atoms with E-state index in [0.29, 0.717) is 11.8 Å². The molecule has 8 rings (SSSR count). The van der Waals surface area contributed by atoms with Gasteiger partial charge in [-0.2, -0.15) is 0 Å². The number of esters is 1. The van der Waals surface area contributed by atoms with Gasteiger partial charge in [0.15, 0.2) is 0 Å². The lowest BCUT2D eigenvalue weighted by Crippen LogP contribution is -2.53. The van der Waals surface area contributed by atoms with E-state index in [4.69, 9.17) is 4.74 Å². The molecule has 0 saturated heterocycles. The van der Waals surface area contributed by atoms with Crippen molar-refractivity contribution in [2.45, 2.75) is 70.8 Å². The first-order valence-corrected chi connectivity index (χ1v) is 10.6. The minimum Gasteiger partial charge on any atom is -0.462 e. The summed E-state index contributed by atoms with van der Waals surface area (Å²) in [5.74, 6) is 6.88. The lowest BCUT2D eigenvalue weighted by atomic mass is 9.47. The Kier molecular flexibility index (Phi) is 2.93. The summed E-state index contributed by atoms with van der Waals surface area (Å²) in [6, 6.07) is 0. The summed E-state index contributed by atoms with van der Waals surface area (Å²) in [5.41, 5.74) is 3.77. The Balaban J connectivity index is 1.42. The fourth-order valence-electron chi connectivity index (χ4n) is 8.61. The molecule has 8 saturated carbocycles. The molecule has 0 radical (unpaired) electrons. The first-order chi connectivity index (χ1) is 11.7. The van der Waals surface area contributed by atoms with Gasteiger partial charge in [0.1, 0.15) is 6.10 Å². The van der Waals surface area contributed by atoms with Crippen LogP contribution >= 0.6 is 0 Å². The molecule has 0 aromatic carbocycles. The predicted octanol–water partition coefficient (Wildman–Crippen LogP) is 4.74. The maximum atomic E-state index is 11.7. The number of ether oxygens (including phenoxy) is 1. The van der Waals surface area contributed by atoms with E-state index in [2.05, 4.69) is 0 Å². The summed E-state index contributed by atoms with van der Waals surface area (Å²) in [4.78, 5) is 11.7. The van der Waals surface area contributed by atoms with Crippen LogP contribution in [-0.4, -0.2) is 12.1 Å². The lowest BCUT2D eigenvalue weighted by Gasteiger charge is -2.59. The van der Waals surface area contributed by atoms with Gasteiger partial charge in [-0.1, -0.05) is 11.1 Å². The van der Waals surface area contributed by atoms with Crippen LogP contribution < -0.4 is 0 Å². The van der Waals surface area contributed by atoms with Crippen molar-refractivity contribution in [2.24, 2.45) is 47.3 Å². The highest BCUT2D eigenvalue weighted by atomic mass is 16.5. The average Bonchev–Trinajstić information content (AvgIpc) is 2.51. The third-order valence-corrected chi connectivity index (χ3v) is 8.78. The maximum Gasteiger partial charge on any atom is 0.302 e. The van der Waals surface area contributed by atoms with Crippen molar-refractivity contribution in [1.29, 1.82) is 0 Å². The van der Waals surface area contributed by atoms with Gasteiger partial charge in [0, 0.05) is 12.8 Å². The van der Waals surface area contributed by atoms with Crippen LogP contribution in [0.5, 0.6) is 0 Å². The minimum absolute atomic E-state index is 0.0538. The molecule has 0 aromatic rings. The van der Waals surface area contributed by atoms with E-state index in [0.717, 1.165) is 35.5 Å². The Hall–Kier alpha value is -0.790. The highest BCUT2D eigenvalue weighted by Crippen LogP contribution is 2.63. The van der Waals surface area contributed by atoms with Crippen LogP contribution in [0.2, 0.25) is 0 Å². The van der Waals surface area contributed by atoms with Crippen molar-refractivity contribution >= 4 is 5.97 Å². The normalized spacial score (nSPS) is 53.8. The Morgan fingerprint density at radius 1 is 0.750 bits per heavy atom. The molecule has 2 heteroatoms. The molecule has 130 valence electrons. The summed E-state index contributed by atoms with van der Waals surface area (Å²) < 4.78 is 5.93. The second kappa shape index (κ2) is 4.89. The van der Waals surface area contributed by atoms with E-state index in [1.54, 1.807) is 6.92 Å². The summed E-state index contributed by atoms with van der Waals surface area (Å²) in [5, 5.41) is 0. The Bertz CT molecular complexity index is 587. The third-order valence-electron chi connectivity index (χ3n) is 8.78. The molecule has 8 bridgehead atoms. The molecule has 0 amide bonds. The molecule has 0 aromatic heterocycles. The van der Waals surface area contributed by atoms with Gasteiger partial charge in [0.05, 0.1) is 0 Å². The molecule has 0 aliphatic heterocycles. The fraction of sp³-hybridized carbons (Fsp3) is 0.864. The zero-order valence-electron chi connectivity index (χ0n) is 14.9. The van der Waals surface area contributed by atoms with Crippen LogP contribution in [0.25, 0.3) is 0 Å². The van der Waals surface area contributed by atoms with Gasteiger partial charge >= 0.3 is 5.97 Å². The number of carbonyl (C=O) groups excluding carboxylic acids is 1. The Morgan fingerprint density at radius 3 is 1.96 bits per heavy atom. The molecule has 2 nitrogen and oxygen atoms in total. The van der Waals surface area contributed by atoms with Crippen molar-refractivity contribution in [3.63, 3.8) is 0 Å². The fourth-order valence-corrected chi connectivity index (χ4v) is 8.61. The van der Waals surface area contributed by atoms with Crippen molar-refractivity contribution in [3.05, 3.63) is 11.1 Å². The van der Waals surface area contributed by atoms with Crippen LogP contribution in [0.4, 0.5) is 0 Å². The number of rotatable bonds is 1. The summed E-state index contributed by atoms with van der Waals surface area (Å²) in [7, 11) is 0. The third kappa shape index (κ3) is 1.92. The molecule has 0 spiro atoms. The second-order valence-corrected chi connectivity index (χ2v) is 10.2. The zero-order chi connectivity index (χ0) is 16.0. The van der Waals surface area contributed by atoms with E-state index < -0.39 is 0 Å². The first kappa shape index (κ1) is 14.4. The highest BCUT2D eigenvalue weighted by Gasteiger charge is 2.55. The van der Waals surface area contributed by atoms with Gasteiger partial charge in [-0.15, -0.1) is 0 Å². The molecular weight excluding hydrogens is 296 g/mol. The molecule has 0 heterocycles. The van der Waals surface area contributed by atoms with Crippen molar-refractivity contribution in [2.75, 3.05) is 0 Å². The monoisotopic (exact) mass is 326 g/mol. The largest absolute Gasteiger partial charge is 0.462 e. The van der Waals surface area contributed by atoms with Gasteiger partial charge in [-0.05, 0) is 99.2 Å². The molecule has 8 aliphatic carbocycles.